The predicted molar refractivity (Wildman–Crippen MR) is 60.2 cm³/mol. The van der Waals surface area contributed by atoms with Crippen molar-refractivity contribution in [1.82, 2.24) is 0 Å². The van der Waals surface area contributed by atoms with Gasteiger partial charge in [-0.2, -0.15) is 0 Å². The van der Waals surface area contributed by atoms with E-state index in [1.807, 2.05) is 13.0 Å². The summed E-state index contributed by atoms with van der Waals surface area (Å²) in [7, 11) is 0. The number of allylic oxidation sites excluding steroid dienone is 4. The van der Waals surface area contributed by atoms with Crippen LogP contribution in [0, 0.1) is 5.41 Å². The Bertz CT molecular complexity index is 292. The number of carbonyl (C=O) groups is 1. The summed E-state index contributed by atoms with van der Waals surface area (Å²) in [6.07, 6.45) is 6.50. The molecule has 0 fully saturated rings. The minimum absolute atomic E-state index is 0.172. The Morgan fingerprint density at radius 2 is 2.07 bits per heavy atom. The van der Waals surface area contributed by atoms with Crippen molar-refractivity contribution in [3.05, 3.63) is 22.8 Å². The molecule has 0 aromatic carbocycles. The Balaban J connectivity index is 3.20. The fourth-order valence-corrected chi connectivity index (χ4v) is 2.53. The summed E-state index contributed by atoms with van der Waals surface area (Å²) in [6.45, 7) is 8.56. The average Bonchev–Trinajstić information content (AvgIpc) is 2.11. The molecular formula is C13H20O. The largest absolute Gasteiger partial charge is 0.298 e. The molecule has 0 N–H and O–H groups in total. The van der Waals surface area contributed by atoms with Crippen LogP contribution in [0.4, 0.5) is 0 Å². The van der Waals surface area contributed by atoms with Crippen LogP contribution < -0.4 is 0 Å². The fourth-order valence-electron chi connectivity index (χ4n) is 2.53. The molecule has 14 heavy (non-hydrogen) atoms. The SMILES string of the molecule is CC=C(C=O)C1=C(C)CCCC1(C)C. The molecule has 0 saturated heterocycles. The molecule has 0 radical (unpaired) electrons. The van der Waals surface area contributed by atoms with Crippen LogP contribution in [-0.4, -0.2) is 6.29 Å². The highest BCUT2D eigenvalue weighted by Crippen LogP contribution is 2.43. The molecule has 1 aliphatic rings. The molecule has 78 valence electrons. The molecule has 1 nitrogen and oxygen atoms in total. The average molecular weight is 192 g/mol. The van der Waals surface area contributed by atoms with Crippen molar-refractivity contribution in [2.45, 2.75) is 47.0 Å². The Kier molecular flexibility index (Phi) is 3.30. The fraction of sp³-hybridized carbons (Fsp3) is 0.615. The van der Waals surface area contributed by atoms with Crippen LogP contribution in [0.25, 0.3) is 0 Å². The lowest BCUT2D eigenvalue weighted by Gasteiger charge is -2.34. The minimum atomic E-state index is 0.172. The van der Waals surface area contributed by atoms with Crippen LogP contribution in [0.2, 0.25) is 0 Å². The van der Waals surface area contributed by atoms with E-state index in [4.69, 9.17) is 0 Å². The normalized spacial score (nSPS) is 22.4. The molecule has 0 unspecified atom stereocenters. The van der Waals surface area contributed by atoms with Crippen molar-refractivity contribution in [3.63, 3.8) is 0 Å². The summed E-state index contributed by atoms with van der Waals surface area (Å²) in [4.78, 5) is 11.0. The van der Waals surface area contributed by atoms with Crippen LogP contribution in [0.3, 0.4) is 0 Å². The molecule has 0 aliphatic heterocycles. The van der Waals surface area contributed by atoms with Crippen LogP contribution in [0.1, 0.15) is 47.0 Å². The molecule has 0 amide bonds. The Morgan fingerprint density at radius 3 is 2.50 bits per heavy atom. The maximum absolute atomic E-state index is 11.0. The molecule has 0 aromatic rings. The van der Waals surface area contributed by atoms with E-state index in [2.05, 4.69) is 20.8 Å². The van der Waals surface area contributed by atoms with E-state index >= 15 is 0 Å². The Labute approximate surface area is 86.9 Å². The maximum atomic E-state index is 11.0. The van der Waals surface area contributed by atoms with E-state index in [1.165, 1.54) is 24.0 Å². The molecule has 0 saturated carbocycles. The smallest absolute Gasteiger partial charge is 0.150 e. The van der Waals surface area contributed by atoms with E-state index < -0.39 is 0 Å². The quantitative estimate of drug-likeness (QED) is 0.482. The standard InChI is InChI=1S/C13H20O/c1-5-11(9-14)12-10(2)7-6-8-13(12,3)4/h5,9H,6-8H2,1-4H3. The van der Waals surface area contributed by atoms with Crippen LogP contribution in [0.5, 0.6) is 0 Å². The van der Waals surface area contributed by atoms with Gasteiger partial charge in [-0.3, -0.25) is 4.79 Å². The molecule has 1 aliphatic carbocycles. The minimum Gasteiger partial charge on any atom is -0.298 e. The lowest BCUT2D eigenvalue weighted by Crippen LogP contribution is -2.22. The third-order valence-corrected chi connectivity index (χ3v) is 3.18. The van der Waals surface area contributed by atoms with E-state index in [0.717, 1.165) is 18.3 Å². The summed E-state index contributed by atoms with van der Waals surface area (Å²) < 4.78 is 0. The number of carbonyl (C=O) groups excluding carboxylic acids is 1. The van der Waals surface area contributed by atoms with Crippen LogP contribution >= 0.6 is 0 Å². The second kappa shape index (κ2) is 4.12. The van der Waals surface area contributed by atoms with Gasteiger partial charge in [-0.25, -0.2) is 0 Å². The first-order valence-electron chi connectivity index (χ1n) is 5.35. The van der Waals surface area contributed by atoms with Gasteiger partial charge < -0.3 is 0 Å². The molecule has 0 heterocycles. The summed E-state index contributed by atoms with van der Waals surface area (Å²) in [5, 5.41) is 0. The van der Waals surface area contributed by atoms with Gasteiger partial charge in [0.15, 0.2) is 0 Å². The topological polar surface area (TPSA) is 17.1 Å². The van der Waals surface area contributed by atoms with Crippen LogP contribution in [-0.2, 0) is 4.79 Å². The van der Waals surface area contributed by atoms with Crippen molar-refractivity contribution in [3.8, 4) is 0 Å². The van der Waals surface area contributed by atoms with E-state index in [-0.39, 0.29) is 5.41 Å². The summed E-state index contributed by atoms with van der Waals surface area (Å²) in [5.41, 5.74) is 3.72. The highest BCUT2D eigenvalue weighted by atomic mass is 16.1. The predicted octanol–water partition coefficient (Wildman–Crippen LogP) is 3.66. The van der Waals surface area contributed by atoms with E-state index in [0.29, 0.717) is 0 Å². The van der Waals surface area contributed by atoms with Crippen molar-refractivity contribution in [2.24, 2.45) is 5.41 Å². The summed E-state index contributed by atoms with van der Waals surface area (Å²) in [6, 6.07) is 0. The highest BCUT2D eigenvalue weighted by molar-refractivity contribution is 5.81. The van der Waals surface area contributed by atoms with Crippen molar-refractivity contribution < 1.29 is 4.79 Å². The van der Waals surface area contributed by atoms with E-state index in [1.54, 1.807) is 0 Å². The second-order valence-electron chi connectivity index (χ2n) is 4.75. The molecule has 0 spiro atoms. The van der Waals surface area contributed by atoms with Crippen molar-refractivity contribution in [2.75, 3.05) is 0 Å². The zero-order valence-corrected chi connectivity index (χ0v) is 9.68. The number of hydrogen-bond donors (Lipinski definition) is 0. The number of aldehydes is 1. The maximum Gasteiger partial charge on any atom is 0.150 e. The molecular weight excluding hydrogens is 172 g/mol. The van der Waals surface area contributed by atoms with Gasteiger partial charge >= 0.3 is 0 Å². The monoisotopic (exact) mass is 192 g/mol. The van der Waals surface area contributed by atoms with Gasteiger partial charge in [-0.05, 0) is 44.1 Å². The Morgan fingerprint density at radius 1 is 1.43 bits per heavy atom. The third kappa shape index (κ3) is 1.97. The Hall–Kier alpha value is -0.850. The van der Waals surface area contributed by atoms with Crippen molar-refractivity contribution >= 4 is 6.29 Å². The zero-order valence-electron chi connectivity index (χ0n) is 9.68. The third-order valence-electron chi connectivity index (χ3n) is 3.18. The molecule has 0 atom stereocenters. The first-order valence-corrected chi connectivity index (χ1v) is 5.35. The first kappa shape index (κ1) is 11.2. The first-order chi connectivity index (χ1) is 6.53. The summed E-state index contributed by atoms with van der Waals surface area (Å²) in [5.74, 6) is 0. The van der Waals surface area contributed by atoms with Gasteiger partial charge in [0.1, 0.15) is 6.29 Å². The molecule has 1 rings (SSSR count). The number of hydrogen-bond acceptors (Lipinski definition) is 1. The second-order valence-corrected chi connectivity index (χ2v) is 4.75. The van der Waals surface area contributed by atoms with Gasteiger partial charge in [-0.1, -0.05) is 25.5 Å². The molecule has 1 heteroatoms. The lowest BCUT2D eigenvalue weighted by atomic mass is 9.70. The molecule has 0 bridgehead atoms. The summed E-state index contributed by atoms with van der Waals surface area (Å²) >= 11 is 0. The van der Waals surface area contributed by atoms with Crippen LogP contribution in [0.15, 0.2) is 22.8 Å². The van der Waals surface area contributed by atoms with E-state index in [9.17, 15) is 4.79 Å². The zero-order chi connectivity index (χ0) is 10.8. The van der Waals surface area contributed by atoms with Gasteiger partial charge in [0.05, 0.1) is 0 Å². The van der Waals surface area contributed by atoms with Gasteiger partial charge in [-0.15, -0.1) is 0 Å². The van der Waals surface area contributed by atoms with Gasteiger partial charge in [0.2, 0.25) is 0 Å². The molecule has 0 aromatic heterocycles. The van der Waals surface area contributed by atoms with Gasteiger partial charge in [0, 0.05) is 5.57 Å². The van der Waals surface area contributed by atoms with Gasteiger partial charge in [0.25, 0.3) is 0 Å². The van der Waals surface area contributed by atoms with Crippen molar-refractivity contribution in [1.29, 1.82) is 0 Å². The highest BCUT2D eigenvalue weighted by Gasteiger charge is 2.29. The lowest BCUT2D eigenvalue weighted by molar-refractivity contribution is -0.104. The number of rotatable bonds is 2.